The average Bonchev–Trinajstić information content (AvgIpc) is 3.09. The van der Waals surface area contributed by atoms with Crippen molar-refractivity contribution in [1.29, 1.82) is 0 Å². The van der Waals surface area contributed by atoms with E-state index in [1.165, 1.54) is 25.4 Å². The van der Waals surface area contributed by atoms with Crippen LogP contribution >= 0.6 is 0 Å². The molecule has 0 atom stereocenters. The van der Waals surface area contributed by atoms with Crippen molar-refractivity contribution < 1.29 is 14.3 Å². The number of benzene rings is 1. The second kappa shape index (κ2) is 7.82. The summed E-state index contributed by atoms with van der Waals surface area (Å²) in [6, 6.07) is 8.82. The number of carbonyl (C=O) groups excluding carboxylic acids is 1. The quantitative estimate of drug-likeness (QED) is 0.668. The van der Waals surface area contributed by atoms with Gasteiger partial charge in [-0.2, -0.15) is 4.98 Å². The Kier molecular flexibility index (Phi) is 5.18. The number of nitrogen functional groups attached to an aromatic ring is 1. The van der Waals surface area contributed by atoms with Crippen LogP contribution in [0, 0.1) is 5.41 Å². The van der Waals surface area contributed by atoms with Gasteiger partial charge in [-0.15, -0.1) is 0 Å². The first-order valence-electron chi connectivity index (χ1n) is 11.8. The van der Waals surface area contributed by atoms with E-state index in [1.54, 1.807) is 0 Å². The Morgan fingerprint density at radius 3 is 2.48 bits per heavy atom. The summed E-state index contributed by atoms with van der Waals surface area (Å²) in [5.74, 6) is 0.668. The van der Waals surface area contributed by atoms with Crippen LogP contribution in [0.5, 0.6) is 5.88 Å². The molecule has 1 aromatic carbocycles. The molecule has 0 saturated heterocycles. The van der Waals surface area contributed by atoms with Gasteiger partial charge < -0.3 is 15.2 Å². The molecule has 2 heterocycles. The Balaban J connectivity index is 1.42. The van der Waals surface area contributed by atoms with Crippen molar-refractivity contribution in [3.63, 3.8) is 0 Å². The molecule has 0 radical (unpaired) electrons. The van der Waals surface area contributed by atoms with Gasteiger partial charge >= 0.3 is 5.97 Å². The van der Waals surface area contributed by atoms with Crippen LogP contribution in [-0.2, 0) is 14.9 Å². The third kappa shape index (κ3) is 3.77. The zero-order valence-electron chi connectivity index (χ0n) is 19.7. The van der Waals surface area contributed by atoms with Gasteiger partial charge in [0.15, 0.2) is 11.5 Å². The van der Waals surface area contributed by atoms with Gasteiger partial charge in [0.1, 0.15) is 11.9 Å². The second-order valence-electron chi connectivity index (χ2n) is 10.4. The number of anilines is 1. The minimum atomic E-state index is -0.631. The lowest BCUT2D eigenvalue weighted by atomic mass is 9.61. The van der Waals surface area contributed by atoms with E-state index in [9.17, 15) is 4.79 Å². The van der Waals surface area contributed by atoms with Crippen molar-refractivity contribution in [2.24, 2.45) is 10.4 Å². The smallest absolute Gasteiger partial charge is 0.306 e. The molecular formula is C26H32N4O3. The largest absolute Gasteiger partial charge is 0.469 e. The molecule has 174 valence electrons. The number of hydrogen-bond acceptors (Lipinski definition) is 7. The number of nitrogens with two attached hydrogens (primary N) is 1. The zero-order valence-corrected chi connectivity index (χ0v) is 19.7. The van der Waals surface area contributed by atoms with E-state index >= 15 is 0 Å². The Bertz CT molecular complexity index is 1100. The number of ether oxygens (including phenoxy) is 2. The van der Waals surface area contributed by atoms with Gasteiger partial charge in [0.05, 0.1) is 19.2 Å². The van der Waals surface area contributed by atoms with Crippen LogP contribution < -0.4 is 10.5 Å². The summed E-state index contributed by atoms with van der Waals surface area (Å²) in [5.41, 5.74) is 9.43. The van der Waals surface area contributed by atoms with Crippen molar-refractivity contribution in [1.82, 2.24) is 9.97 Å². The number of hydrogen-bond donors (Lipinski definition) is 1. The molecule has 3 saturated carbocycles. The molecule has 1 aliphatic heterocycles. The maximum Gasteiger partial charge on any atom is 0.306 e. The summed E-state index contributed by atoms with van der Waals surface area (Å²) in [7, 11) is 1.49. The van der Waals surface area contributed by atoms with Crippen molar-refractivity contribution in [2.45, 2.75) is 76.2 Å². The summed E-state index contributed by atoms with van der Waals surface area (Å²) in [6.45, 7) is 3.99. The highest BCUT2D eigenvalue weighted by Crippen LogP contribution is 2.56. The SMILES string of the molecule is COC(=O)CC12CCCC(c3ccc(C4=Nc5c(N)ncnc5OC4(C)C)cc3)(CC1)CC2. The van der Waals surface area contributed by atoms with Crippen molar-refractivity contribution >= 4 is 23.2 Å². The molecule has 6 rings (SSSR count). The minimum absolute atomic E-state index is 0.0700. The maximum absolute atomic E-state index is 12.0. The first kappa shape index (κ1) is 21.9. The number of carbonyl (C=O) groups is 1. The van der Waals surface area contributed by atoms with Crippen molar-refractivity contribution in [3.05, 3.63) is 41.7 Å². The zero-order chi connectivity index (χ0) is 23.3. The van der Waals surface area contributed by atoms with E-state index in [2.05, 4.69) is 34.2 Å². The minimum Gasteiger partial charge on any atom is -0.469 e. The summed E-state index contributed by atoms with van der Waals surface area (Å²) >= 11 is 0. The molecule has 0 spiro atoms. The lowest BCUT2D eigenvalue weighted by Gasteiger charge is -2.43. The van der Waals surface area contributed by atoms with Gasteiger partial charge in [-0.3, -0.25) is 4.79 Å². The van der Waals surface area contributed by atoms with Crippen LogP contribution in [-0.4, -0.2) is 34.4 Å². The predicted octanol–water partition coefficient (Wildman–Crippen LogP) is 4.90. The van der Waals surface area contributed by atoms with E-state index in [-0.39, 0.29) is 16.8 Å². The molecule has 3 fully saturated rings. The highest BCUT2D eigenvalue weighted by Gasteiger charge is 2.47. The van der Waals surface area contributed by atoms with Crippen LogP contribution in [0.4, 0.5) is 11.5 Å². The fraction of sp³-hybridized carbons (Fsp3) is 0.538. The predicted molar refractivity (Wildman–Crippen MR) is 127 cm³/mol. The molecule has 3 aliphatic carbocycles. The average molecular weight is 449 g/mol. The summed E-state index contributed by atoms with van der Waals surface area (Å²) in [5, 5.41) is 0. The fourth-order valence-electron chi connectivity index (χ4n) is 6.12. The molecule has 2 aromatic rings. The van der Waals surface area contributed by atoms with E-state index < -0.39 is 5.60 Å². The molecule has 33 heavy (non-hydrogen) atoms. The number of fused-ring (bicyclic) bond motifs is 5. The molecule has 0 amide bonds. The Morgan fingerprint density at radius 2 is 1.79 bits per heavy atom. The van der Waals surface area contributed by atoms with E-state index in [1.807, 2.05) is 13.8 Å². The van der Waals surface area contributed by atoms with Gasteiger partial charge in [0.2, 0.25) is 5.88 Å². The number of esters is 1. The second-order valence-corrected chi connectivity index (χ2v) is 10.4. The van der Waals surface area contributed by atoms with Gasteiger partial charge in [-0.25, -0.2) is 9.98 Å². The van der Waals surface area contributed by atoms with Crippen molar-refractivity contribution in [3.8, 4) is 5.88 Å². The van der Waals surface area contributed by atoms with Crippen LogP contribution in [0.1, 0.15) is 76.3 Å². The molecule has 2 N–H and O–H groups in total. The van der Waals surface area contributed by atoms with E-state index in [0.717, 1.165) is 49.8 Å². The number of nitrogens with zero attached hydrogens (tertiary/aromatic N) is 3. The molecule has 1 aromatic heterocycles. The first-order chi connectivity index (χ1) is 15.8. The summed E-state index contributed by atoms with van der Waals surface area (Å²) in [4.78, 5) is 25.1. The van der Waals surface area contributed by atoms with Crippen LogP contribution in [0.3, 0.4) is 0 Å². The fourth-order valence-corrected chi connectivity index (χ4v) is 6.12. The summed E-state index contributed by atoms with van der Waals surface area (Å²) in [6.07, 6.45) is 9.83. The maximum atomic E-state index is 12.0. The Labute approximate surface area is 194 Å². The highest BCUT2D eigenvalue weighted by atomic mass is 16.5. The number of aliphatic imine (C=N–C) groups is 1. The molecular weight excluding hydrogens is 416 g/mol. The van der Waals surface area contributed by atoms with E-state index in [4.69, 9.17) is 20.2 Å². The molecule has 7 nitrogen and oxygen atoms in total. The van der Waals surface area contributed by atoms with Crippen LogP contribution in [0.15, 0.2) is 35.6 Å². The molecule has 2 bridgehead atoms. The third-order valence-corrected chi connectivity index (χ3v) is 8.11. The van der Waals surface area contributed by atoms with Gasteiger partial charge in [0, 0.05) is 5.56 Å². The van der Waals surface area contributed by atoms with Gasteiger partial charge in [0.25, 0.3) is 0 Å². The van der Waals surface area contributed by atoms with Crippen LogP contribution in [0.2, 0.25) is 0 Å². The van der Waals surface area contributed by atoms with Gasteiger partial charge in [-0.1, -0.05) is 30.7 Å². The standard InChI is InChI=1S/C26H32N4O3/c1-24(2)21(30-20-22(27)28-16-29-23(20)33-24)17-5-7-18(8-6-17)26-10-4-9-25(11-13-26,12-14-26)15-19(31)32-3/h5-8,16H,4,9-15H2,1-3H3,(H2,27,28,29). The summed E-state index contributed by atoms with van der Waals surface area (Å²) < 4.78 is 11.1. The molecule has 4 aliphatic rings. The monoisotopic (exact) mass is 448 g/mol. The number of rotatable bonds is 4. The lowest BCUT2D eigenvalue weighted by molar-refractivity contribution is -0.144. The highest BCUT2D eigenvalue weighted by molar-refractivity contribution is 6.09. The number of methoxy groups -OCH3 is 1. The van der Waals surface area contributed by atoms with Crippen molar-refractivity contribution in [2.75, 3.05) is 12.8 Å². The van der Waals surface area contributed by atoms with E-state index in [0.29, 0.717) is 23.8 Å². The molecule has 0 unspecified atom stereocenters. The van der Waals surface area contributed by atoms with Gasteiger partial charge in [-0.05, 0) is 68.8 Å². The number of aromatic nitrogens is 2. The third-order valence-electron chi connectivity index (χ3n) is 8.11. The van der Waals surface area contributed by atoms with Crippen LogP contribution in [0.25, 0.3) is 0 Å². The normalized spacial score (nSPS) is 27.7. The molecule has 7 heteroatoms. The first-order valence-corrected chi connectivity index (χ1v) is 11.8. The lowest BCUT2D eigenvalue weighted by Crippen LogP contribution is -2.41. The Morgan fingerprint density at radius 1 is 1.06 bits per heavy atom. The Hall–Kier alpha value is -2.96. The topological polar surface area (TPSA) is 99.7 Å².